The summed E-state index contributed by atoms with van der Waals surface area (Å²) in [5, 5.41) is 5.35. The Morgan fingerprint density at radius 2 is 1.86 bits per heavy atom. The maximum Gasteiger partial charge on any atom is 0.416 e. The van der Waals surface area contributed by atoms with Crippen molar-refractivity contribution in [3.63, 3.8) is 0 Å². The number of hydrogen-bond acceptors (Lipinski definition) is 10. The Bertz CT molecular complexity index is 1400. The highest BCUT2D eigenvalue weighted by Gasteiger charge is 2.56. The molecule has 44 heavy (non-hydrogen) atoms. The van der Waals surface area contributed by atoms with E-state index >= 15 is 0 Å². The average molecular weight is 612 g/mol. The van der Waals surface area contributed by atoms with Crippen molar-refractivity contribution in [2.24, 2.45) is 0 Å². The molecule has 4 aliphatic rings. The van der Waals surface area contributed by atoms with E-state index in [0.717, 1.165) is 51.4 Å². The SMILES string of the molecule is CC[C@H]1O[C@@H](n2ncc3c(N(C(=O)OC(C)(C)C)C4CCCC4)nc(C#CCOC4CCCCO4)nc32)[C@@H]2OC(C)(C)O[C@@H]21. The predicted molar refractivity (Wildman–Crippen MR) is 161 cm³/mol. The lowest BCUT2D eigenvalue weighted by Gasteiger charge is -2.31. The summed E-state index contributed by atoms with van der Waals surface area (Å²) in [6.07, 6.45) is 7.09. The monoisotopic (exact) mass is 611 g/mol. The first-order valence-corrected chi connectivity index (χ1v) is 16.0. The molecular weight excluding hydrogens is 566 g/mol. The first-order chi connectivity index (χ1) is 21.0. The van der Waals surface area contributed by atoms with Gasteiger partial charge in [-0.05, 0) is 79.1 Å². The van der Waals surface area contributed by atoms with Gasteiger partial charge in [-0.2, -0.15) is 5.10 Å². The van der Waals surface area contributed by atoms with E-state index in [1.165, 1.54) is 0 Å². The van der Waals surface area contributed by atoms with Crippen molar-refractivity contribution >= 4 is 22.9 Å². The largest absolute Gasteiger partial charge is 0.443 e. The normalized spacial score (nSPS) is 28.5. The highest BCUT2D eigenvalue weighted by molar-refractivity contribution is 5.98. The molecule has 0 spiro atoms. The molecule has 12 nitrogen and oxygen atoms in total. The second kappa shape index (κ2) is 12.5. The Morgan fingerprint density at radius 1 is 1.11 bits per heavy atom. The molecule has 5 heterocycles. The molecule has 0 aromatic carbocycles. The van der Waals surface area contributed by atoms with Gasteiger partial charge in [0, 0.05) is 12.6 Å². The van der Waals surface area contributed by atoms with Crippen LogP contribution in [-0.4, -0.2) is 81.1 Å². The third kappa shape index (κ3) is 6.58. The van der Waals surface area contributed by atoms with Crippen molar-refractivity contribution in [2.45, 2.75) is 141 Å². The standard InChI is InChI=1S/C32H45N5O7/c1-7-22-25-26(43-32(5,6)42-25)29(41-22)37-28-21(19-33-37)27(36(20-13-8-9-14-20)30(38)44-31(2,3)4)34-23(35-28)15-12-18-40-24-16-10-11-17-39-24/h19-20,22,24-26,29H,7-11,13-14,16-18H2,1-6H3/t22-,24?,25-,26-,29-/m1/s1. The third-order valence-corrected chi connectivity index (χ3v) is 8.39. The summed E-state index contributed by atoms with van der Waals surface area (Å²) in [7, 11) is 0. The zero-order valence-corrected chi connectivity index (χ0v) is 26.7. The molecule has 1 amide bonds. The lowest BCUT2D eigenvalue weighted by Crippen LogP contribution is -2.43. The second-order valence-electron chi connectivity index (χ2n) is 13.4. The van der Waals surface area contributed by atoms with Gasteiger partial charge in [-0.1, -0.05) is 25.7 Å². The molecule has 0 bridgehead atoms. The lowest BCUT2D eigenvalue weighted by atomic mass is 10.1. The van der Waals surface area contributed by atoms with Crippen LogP contribution in [0.2, 0.25) is 0 Å². The van der Waals surface area contributed by atoms with E-state index in [1.807, 2.05) is 34.6 Å². The molecule has 240 valence electrons. The third-order valence-electron chi connectivity index (χ3n) is 8.39. The molecule has 1 unspecified atom stereocenters. The number of amides is 1. The molecule has 5 atom stereocenters. The van der Waals surface area contributed by atoms with Crippen LogP contribution in [0, 0.1) is 11.8 Å². The number of fused-ring (bicyclic) bond motifs is 2. The molecule has 1 saturated carbocycles. The van der Waals surface area contributed by atoms with Gasteiger partial charge in [0.1, 0.15) is 24.4 Å². The molecule has 4 fully saturated rings. The van der Waals surface area contributed by atoms with Gasteiger partial charge in [0.15, 0.2) is 29.8 Å². The van der Waals surface area contributed by atoms with E-state index in [-0.39, 0.29) is 43.1 Å². The minimum absolute atomic E-state index is 0.0668. The summed E-state index contributed by atoms with van der Waals surface area (Å²) in [5.41, 5.74) is -0.184. The number of carbonyl (C=O) groups is 1. The summed E-state index contributed by atoms with van der Waals surface area (Å²) in [5.74, 6) is 6.04. The fraction of sp³-hybridized carbons (Fsp3) is 0.750. The van der Waals surface area contributed by atoms with Gasteiger partial charge in [-0.25, -0.2) is 19.4 Å². The quantitative estimate of drug-likeness (QED) is 0.402. The number of ether oxygens (including phenoxy) is 6. The van der Waals surface area contributed by atoms with Gasteiger partial charge in [-0.3, -0.25) is 4.90 Å². The van der Waals surface area contributed by atoms with Crippen molar-refractivity contribution in [3.8, 4) is 11.8 Å². The van der Waals surface area contributed by atoms with Crippen LogP contribution in [0.25, 0.3) is 11.0 Å². The molecule has 0 N–H and O–H groups in total. The molecule has 12 heteroatoms. The van der Waals surface area contributed by atoms with Gasteiger partial charge in [0.2, 0.25) is 5.82 Å². The molecular formula is C32H45N5O7. The fourth-order valence-electron chi connectivity index (χ4n) is 6.50. The van der Waals surface area contributed by atoms with Crippen molar-refractivity contribution in [1.82, 2.24) is 19.7 Å². The molecule has 2 aromatic heterocycles. The van der Waals surface area contributed by atoms with Crippen LogP contribution in [0.1, 0.15) is 105 Å². The molecule has 6 rings (SSSR count). The number of nitrogens with zero attached hydrogens (tertiary/aromatic N) is 5. The van der Waals surface area contributed by atoms with E-state index in [9.17, 15) is 4.79 Å². The maximum absolute atomic E-state index is 13.8. The van der Waals surface area contributed by atoms with E-state index in [4.69, 9.17) is 43.5 Å². The summed E-state index contributed by atoms with van der Waals surface area (Å²) < 4.78 is 38.1. The predicted octanol–water partition coefficient (Wildman–Crippen LogP) is 5.23. The Labute approximate surface area is 259 Å². The van der Waals surface area contributed by atoms with Crippen LogP contribution < -0.4 is 4.90 Å². The Kier molecular flexibility index (Phi) is 8.87. The number of hydrogen-bond donors (Lipinski definition) is 0. The summed E-state index contributed by atoms with van der Waals surface area (Å²) in [4.78, 5) is 25.2. The topological polar surface area (TPSA) is 119 Å². The van der Waals surface area contributed by atoms with Crippen molar-refractivity contribution in [3.05, 3.63) is 12.0 Å². The van der Waals surface area contributed by atoms with Crippen LogP contribution in [0.4, 0.5) is 10.6 Å². The van der Waals surface area contributed by atoms with Crippen molar-refractivity contribution in [1.29, 1.82) is 0 Å². The minimum atomic E-state index is -0.747. The van der Waals surface area contributed by atoms with Gasteiger partial charge in [0.25, 0.3) is 0 Å². The summed E-state index contributed by atoms with van der Waals surface area (Å²) >= 11 is 0. The number of aromatic nitrogens is 4. The van der Waals surface area contributed by atoms with E-state index in [0.29, 0.717) is 23.5 Å². The van der Waals surface area contributed by atoms with Crippen molar-refractivity contribution < 1.29 is 33.2 Å². The van der Waals surface area contributed by atoms with E-state index < -0.39 is 23.7 Å². The Morgan fingerprint density at radius 3 is 2.57 bits per heavy atom. The second-order valence-corrected chi connectivity index (χ2v) is 13.4. The molecule has 2 aromatic rings. The number of carbonyl (C=O) groups excluding carboxylic acids is 1. The smallest absolute Gasteiger partial charge is 0.416 e. The number of rotatable bonds is 6. The molecule has 3 aliphatic heterocycles. The van der Waals surface area contributed by atoms with Crippen molar-refractivity contribution in [2.75, 3.05) is 18.1 Å². The number of anilines is 1. The van der Waals surface area contributed by atoms with Crippen LogP contribution >= 0.6 is 0 Å². The lowest BCUT2D eigenvalue weighted by molar-refractivity contribution is -0.197. The fourth-order valence-corrected chi connectivity index (χ4v) is 6.50. The minimum Gasteiger partial charge on any atom is -0.443 e. The van der Waals surface area contributed by atoms with Crippen LogP contribution in [0.5, 0.6) is 0 Å². The van der Waals surface area contributed by atoms with Gasteiger partial charge < -0.3 is 28.4 Å². The Hall–Kier alpha value is -2.82. The van der Waals surface area contributed by atoms with E-state index in [1.54, 1.807) is 15.8 Å². The maximum atomic E-state index is 13.8. The highest BCUT2D eigenvalue weighted by atomic mass is 16.8. The average Bonchev–Trinajstić information content (AvgIpc) is 3.75. The van der Waals surface area contributed by atoms with Gasteiger partial charge in [0.05, 0.1) is 17.7 Å². The highest BCUT2D eigenvalue weighted by Crippen LogP contribution is 2.45. The zero-order valence-electron chi connectivity index (χ0n) is 26.7. The van der Waals surface area contributed by atoms with Crippen LogP contribution in [-0.2, 0) is 28.4 Å². The van der Waals surface area contributed by atoms with E-state index in [2.05, 4.69) is 18.8 Å². The summed E-state index contributed by atoms with van der Waals surface area (Å²) in [6.45, 7) is 12.3. The van der Waals surface area contributed by atoms with Gasteiger partial charge >= 0.3 is 6.09 Å². The van der Waals surface area contributed by atoms with Crippen LogP contribution in [0.15, 0.2) is 6.20 Å². The zero-order chi connectivity index (χ0) is 31.1. The first kappa shape index (κ1) is 31.2. The Balaban J connectivity index is 1.40. The summed E-state index contributed by atoms with van der Waals surface area (Å²) in [6, 6.07) is -0.0668. The molecule has 3 saturated heterocycles. The van der Waals surface area contributed by atoms with Crippen LogP contribution in [0.3, 0.4) is 0 Å². The molecule has 1 aliphatic carbocycles. The molecule has 0 radical (unpaired) electrons. The first-order valence-electron chi connectivity index (χ1n) is 16.0. The van der Waals surface area contributed by atoms with Gasteiger partial charge in [-0.15, -0.1) is 0 Å².